The first-order valence-corrected chi connectivity index (χ1v) is 9.64. The number of hydrogen-bond acceptors (Lipinski definition) is 6. The molecule has 3 rings (SSSR count). The Balaban J connectivity index is 1.65. The number of aromatic nitrogens is 5. The van der Waals surface area contributed by atoms with Crippen LogP contribution in [0.4, 0.5) is 0 Å². The Morgan fingerprint density at radius 2 is 2.20 bits per heavy atom. The maximum Gasteiger partial charge on any atom is 0.234 e. The van der Waals surface area contributed by atoms with Gasteiger partial charge in [-0.3, -0.25) is 9.78 Å². The molecule has 0 radical (unpaired) electrons. The molecule has 1 amide bonds. The van der Waals surface area contributed by atoms with Crippen molar-refractivity contribution in [3.63, 3.8) is 0 Å². The van der Waals surface area contributed by atoms with Crippen LogP contribution in [0.1, 0.15) is 51.1 Å². The van der Waals surface area contributed by atoms with Crippen molar-refractivity contribution in [2.45, 2.75) is 62.5 Å². The zero-order valence-corrected chi connectivity index (χ0v) is 15.4. The lowest BCUT2D eigenvalue weighted by Crippen LogP contribution is -2.35. The summed E-state index contributed by atoms with van der Waals surface area (Å²) < 4.78 is 1.90. The second-order valence-electron chi connectivity index (χ2n) is 6.71. The largest absolute Gasteiger partial charge is 0.351 e. The zero-order valence-electron chi connectivity index (χ0n) is 14.6. The second-order valence-corrected chi connectivity index (χ2v) is 7.81. The molecule has 0 saturated heterocycles. The van der Waals surface area contributed by atoms with Crippen LogP contribution < -0.4 is 5.32 Å². The van der Waals surface area contributed by atoms with Crippen LogP contribution in [0, 0.1) is 5.92 Å². The highest BCUT2D eigenvalue weighted by molar-refractivity contribution is 8.00. The van der Waals surface area contributed by atoms with E-state index in [1.807, 2.05) is 30.7 Å². The minimum absolute atomic E-state index is 0.00447. The van der Waals surface area contributed by atoms with E-state index in [0.717, 1.165) is 23.6 Å². The molecule has 0 spiro atoms. The van der Waals surface area contributed by atoms with Crippen LogP contribution in [0.25, 0.3) is 0 Å². The number of pyridine rings is 1. The van der Waals surface area contributed by atoms with Crippen LogP contribution in [0.2, 0.25) is 0 Å². The van der Waals surface area contributed by atoms with E-state index in [9.17, 15) is 4.79 Å². The van der Waals surface area contributed by atoms with Gasteiger partial charge in [-0.2, -0.15) is 0 Å². The van der Waals surface area contributed by atoms with Crippen LogP contribution in [-0.4, -0.2) is 36.3 Å². The Bertz CT molecular complexity index is 683. The van der Waals surface area contributed by atoms with Crippen molar-refractivity contribution < 1.29 is 4.79 Å². The van der Waals surface area contributed by atoms with Crippen LogP contribution in [0.3, 0.4) is 0 Å². The highest BCUT2D eigenvalue weighted by atomic mass is 32.2. The zero-order chi connectivity index (χ0) is 17.6. The van der Waals surface area contributed by atoms with Crippen molar-refractivity contribution in [2.75, 3.05) is 0 Å². The van der Waals surface area contributed by atoms with Gasteiger partial charge in [0.05, 0.1) is 11.3 Å². The summed E-state index contributed by atoms with van der Waals surface area (Å²) >= 11 is 1.46. The van der Waals surface area contributed by atoms with Gasteiger partial charge in [0.1, 0.15) is 0 Å². The molecule has 7 nitrogen and oxygen atoms in total. The number of nitrogens with one attached hydrogen (secondary N) is 1. The lowest BCUT2D eigenvalue weighted by molar-refractivity contribution is -0.121. The predicted molar refractivity (Wildman–Crippen MR) is 95.9 cm³/mol. The number of rotatable bonds is 7. The minimum atomic E-state index is -0.233. The van der Waals surface area contributed by atoms with Crippen molar-refractivity contribution in [3.05, 3.63) is 30.1 Å². The molecule has 1 fully saturated rings. The summed E-state index contributed by atoms with van der Waals surface area (Å²) in [5.74, 6) is 0.178. The maximum atomic E-state index is 12.7. The van der Waals surface area contributed by atoms with Crippen molar-refractivity contribution in [1.29, 1.82) is 0 Å². The number of tetrazole rings is 1. The molecule has 2 aromatic rings. The van der Waals surface area contributed by atoms with Gasteiger partial charge < -0.3 is 5.32 Å². The van der Waals surface area contributed by atoms with E-state index in [-0.39, 0.29) is 17.1 Å². The molecule has 134 valence electrons. The summed E-state index contributed by atoms with van der Waals surface area (Å²) in [5.41, 5.74) is 0.985. The van der Waals surface area contributed by atoms with E-state index in [1.165, 1.54) is 24.6 Å². The number of hydrogen-bond donors (Lipinski definition) is 1. The number of nitrogens with zero attached hydrogens (tertiary/aromatic N) is 5. The Kier molecular flexibility index (Phi) is 6.01. The maximum absolute atomic E-state index is 12.7. The minimum Gasteiger partial charge on any atom is -0.351 e. The van der Waals surface area contributed by atoms with Crippen molar-refractivity contribution in [1.82, 2.24) is 30.5 Å². The summed E-state index contributed by atoms with van der Waals surface area (Å²) in [7, 11) is 0. The molecule has 1 saturated carbocycles. The second kappa shape index (κ2) is 8.42. The lowest BCUT2D eigenvalue weighted by Gasteiger charge is -2.20. The number of carbonyl (C=O) groups is 1. The normalized spacial score (nSPS) is 16.3. The Labute approximate surface area is 152 Å². The highest BCUT2D eigenvalue weighted by Crippen LogP contribution is 2.33. The Morgan fingerprint density at radius 3 is 2.88 bits per heavy atom. The van der Waals surface area contributed by atoms with Crippen LogP contribution in [-0.2, 0) is 11.3 Å². The summed E-state index contributed by atoms with van der Waals surface area (Å²) in [6, 6.07) is 4.18. The highest BCUT2D eigenvalue weighted by Gasteiger charge is 2.28. The fraction of sp³-hybridized carbons (Fsp3) is 0.588. The topological polar surface area (TPSA) is 85.6 Å². The average Bonchev–Trinajstić information content (AvgIpc) is 3.29. The molecule has 1 N–H and O–H groups in total. The first-order chi connectivity index (χ1) is 12.1. The molecule has 0 unspecified atom stereocenters. The van der Waals surface area contributed by atoms with Crippen LogP contribution in [0.5, 0.6) is 0 Å². The van der Waals surface area contributed by atoms with Gasteiger partial charge in [0.2, 0.25) is 11.1 Å². The van der Waals surface area contributed by atoms with Crippen LogP contribution in [0.15, 0.2) is 29.7 Å². The monoisotopic (exact) mass is 360 g/mol. The average molecular weight is 360 g/mol. The fourth-order valence-corrected chi connectivity index (χ4v) is 4.11. The summed E-state index contributed by atoms with van der Waals surface area (Å²) in [5, 5.41) is 15.7. The van der Waals surface area contributed by atoms with Gasteiger partial charge in [0.15, 0.2) is 0 Å². The van der Waals surface area contributed by atoms with Crippen LogP contribution >= 0.6 is 11.8 Å². The van der Waals surface area contributed by atoms with E-state index in [4.69, 9.17) is 0 Å². The van der Waals surface area contributed by atoms with Crippen molar-refractivity contribution in [3.8, 4) is 0 Å². The molecule has 8 heteroatoms. The molecule has 1 aliphatic carbocycles. The third kappa shape index (κ3) is 4.56. The quantitative estimate of drug-likeness (QED) is 0.764. The molecule has 1 atom stereocenters. The molecule has 25 heavy (non-hydrogen) atoms. The van der Waals surface area contributed by atoms with Gasteiger partial charge in [0.25, 0.3) is 0 Å². The van der Waals surface area contributed by atoms with E-state index >= 15 is 0 Å². The predicted octanol–water partition coefficient (Wildman–Crippen LogP) is 2.62. The molecule has 2 aromatic heterocycles. The van der Waals surface area contributed by atoms with Gasteiger partial charge >= 0.3 is 0 Å². The van der Waals surface area contributed by atoms with E-state index < -0.39 is 0 Å². The standard InChI is InChI=1S/C17H24N6OS/c1-12(2)15(16(24)19-11-13-6-5-9-18-10-13)25-17-20-21-22-23(17)14-7-3-4-8-14/h5-6,9-10,12,14-15H,3-4,7-8,11H2,1-2H3,(H,19,24)/t15-/m0/s1. The van der Waals surface area contributed by atoms with E-state index in [0.29, 0.717) is 12.6 Å². The molecule has 2 heterocycles. The van der Waals surface area contributed by atoms with Crippen molar-refractivity contribution in [2.24, 2.45) is 5.92 Å². The molecular weight excluding hydrogens is 336 g/mol. The van der Waals surface area contributed by atoms with Crippen molar-refractivity contribution >= 4 is 17.7 Å². The molecule has 1 aliphatic rings. The van der Waals surface area contributed by atoms with Gasteiger partial charge in [-0.1, -0.05) is 44.5 Å². The molecule has 0 aliphatic heterocycles. The number of amides is 1. The van der Waals surface area contributed by atoms with E-state index in [1.54, 1.807) is 12.4 Å². The number of carbonyl (C=O) groups excluding carboxylic acids is 1. The fourth-order valence-electron chi connectivity index (χ4n) is 3.04. The summed E-state index contributed by atoms with van der Waals surface area (Å²) in [4.78, 5) is 16.8. The first kappa shape index (κ1) is 17.8. The van der Waals surface area contributed by atoms with Gasteiger partial charge in [-0.05, 0) is 40.8 Å². The Hall–Kier alpha value is -1.96. The molecular formula is C17H24N6OS. The summed E-state index contributed by atoms with van der Waals surface area (Å²) in [6.45, 7) is 4.57. The SMILES string of the molecule is CC(C)[C@H](Sc1nnnn1C1CCCC1)C(=O)NCc1cccnc1. The number of thioether (sulfide) groups is 1. The molecule has 0 aromatic carbocycles. The van der Waals surface area contributed by atoms with Gasteiger partial charge in [0, 0.05) is 18.9 Å². The smallest absolute Gasteiger partial charge is 0.234 e. The Morgan fingerprint density at radius 1 is 1.40 bits per heavy atom. The first-order valence-electron chi connectivity index (χ1n) is 8.76. The lowest BCUT2D eigenvalue weighted by atomic mass is 10.1. The van der Waals surface area contributed by atoms with Gasteiger partial charge in [-0.15, -0.1) is 5.10 Å². The summed E-state index contributed by atoms with van der Waals surface area (Å²) in [6.07, 6.45) is 8.14. The molecule has 0 bridgehead atoms. The third-order valence-corrected chi connectivity index (χ3v) is 5.91. The third-order valence-electron chi connectivity index (χ3n) is 4.42. The van der Waals surface area contributed by atoms with Gasteiger partial charge in [-0.25, -0.2) is 4.68 Å². The van der Waals surface area contributed by atoms with E-state index in [2.05, 4.69) is 25.8 Å².